The van der Waals surface area contributed by atoms with E-state index in [1.165, 1.54) is 0 Å². The van der Waals surface area contributed by atoms with E-state index in [1.54, 1.807) is 4.52 Å². The van der Waals surface area contributed by atoms with E-state index in [-0.39, 0.29) is 17.6 Å². The SMILES string of the molecule is CC(C(=O)Cc1ccc(-c2ccc3nc(N)nn3c2)cc1)c1ccccc1. The van der Waals surface area contributed by atoms with Crippen LogP contribution in [0.4, 0.5) is 5.95 Å². The van der Waals surface area contributed by atoms with Crippen LogP contribution in [0.25, 0.3) is 16.8 Å². The minimum atomic E-state index is -0.106. The first-order valence-corrected chi connectivity index (χ1v) is 8.89. The second kappa shape index (κ2) is 7.03. The third-order valence-corrected chi connectivity index (χ3v) is 4.80. The molecule has 2 heterocycles. The Balaban J connectivity index is 1.50. The van der Waals surface area contributed by atoms with E-state index in [0.29, 0.717) is 12.1 Å². The summed E-state index contributed by atoms with van der Waals surface area (Å²) < 4.78 is 1.67. The molecule has 1 atom stereocenters. The monoisotopic (exact) mass is 356 g/mol. The molecule has 0 saturated heterocycles. The molecule has 2 N–H and O–H groups in total. The van der Waals surface area contributed by atoms with Crippen molar-refractivity contribution in [3.63, 3.8) is 0 Å². The van der Waals surface area contributed by atoms with Crippen molar-refractivity contribution in [1.82, 2.24) is 14.6 Å². The largest absolute Gasteiger partial charge is 0.366 e. The topological polar surface area (TPSA) is 73.3 Å². The van der Waals surface area contributed by atoms with Gasteiger partial charge in [-0.2, -0.15) is 4.98 Å². The number of carbonyl (C=O) groups excluding carboxylic acids is 1. The molecule has 0 saturated carbocycles. The number of carbonyl (C=O) groups is 1. The van der Waals surface area contributed by atoms with Crippen molar-refractivity contribution in [2.75, 3.05) is 5.73 Å². The number of Topliss-reactive ketones (excluding diaryl/α,β-unsaturated/α-hetero) is 1. The van der Waals surface area contributed by atoms with Gasteiger partial charge in [0.05, 0.1) is 0 Å². The Kier molecular flexibility index (Phi) is 4.42. The highest BCUT2D eigenvalue weighted by Gasteiger charge is 2.15. The van der Waals surface area contributed by atoms with Crippen molar-refractivity contribution in [2.24, 2.45) is 0 Å². The van der Waals surface area contributed by atoms with Gasteiger partial charge in [0.2, 0.25) is 5.95 Å². The van der Waals surface area contributed by atoms with Crippen LogP contribution in [0, 0.1) is 0 Å². The van der Waals surface area contributed by atoms with E-state index < -0.39 is 0 Å². The minimum Gasteiger partial charge on any atom is -0.366 e. The Bertz CT molecular complexity index is 1080. The van der Waals surface area contributed by atoms with Crippen molar-refractivity contribution in [3.8, 4) is 11.1 Å². The molecule has 27 heavy (non-hydrogen) atoms. The fraction of sp³-hybridized carbons (Fsp3) is 0.136. The summed E-state index contributed by atoms with van der Waals surface area (Å²) in [6.07, 6.45) is 2.32. The summed E-state index contributed by atoms with van der Waals surface area (Å²) in [7, 11) is 0. The third-order valence-electron chi connectivity index (χ3n) is 4.80. The number of aromatic nitrogens is 3. The number of hydrogen-bond donors (Lipinski definition) is 1. The maximum Gasteiger partial charge on any atom is 0.240 e. The van der Waals surface area contributed by atoms with Crippen molar-refractivity contribution < 1.29 is 4.79 Å². The Morgan fingerprint density at radius 3 is 2.44 bits per heavy atom. The van der Waals surface area contributed by atoms with Gasteiger partial charge in [-0.1, -0.05) is 61.5 Å². The van der Waals surface area contributed by atoms with E-state index in [9.17, 15) is 4.79 Å². The standard InChI is InChI=1S/C22H20N4O/c1-15(17-5-3-2-4-6-17)20(27)13-16-7-9-18(10-8-16)19-11-12-21-24-22(23)25-26(21)14-19/h2-12,14-15H,13H2,1H3,(H2,23,25). The molecule has 4 aromatic rings. The quantitative estimate of drug-likeness (QED) is 0.589. The number of hydrogen-bond acceptors (Lipinski definition) is 4. The molecule has 0 bridgehead atoms. The summed E-state index contributed by atoms with van der Waals surface area (Å²) in [6.45, 7) is 1.96. The zero-order valence-electron chi connectivity index (χ0n) is 15.0. The number of anilines is 1. The lowest BCUT2D eigenvalue weighted by Gasteiger charge is -2.11. The Morgan fingerprint density at radius 1 is 1.00 bits per heavy atom. The summed E-state index contributed by atoms with van der Waals surface area (Å²) in [6, 6.07) is 21.8. The van der Waals surface area contributed by atoms with Gasteiger partial charge in [-0.05, 0) is 28.8 Å². The van der Waals surface area contributed by atoms with Crippen LogP contribution in [0.2, 0.25) is 0 Å². The number of nitrogens with zero attached hydrogens (tertiary/aromatic N) is 3. The van der Waals surface area contributed by atoms with Crippen LogP contribution in [0.3, 0.4) is 0 Å². The molecule has 2 aromatic carbocycles. The number of rotatable bonds is 5. The van der Waals surface area contributed by atoms with Crippen molar-refractivity contribution >= 4 is 17.4 Å². The van der Waals surface area contributed by atoms with E-state index in [1.807, 2.05) is 79.9 Å². The van der Waals surface area contributed by atoms with Crippen LogP contribution in [-0.2, 0) is 11.2 Å². The molecule has 4 rings (SSSR count). The zero-order valence-corrected chi connectivity index (χ0v) is 15.0. The van der Waals surface area contributed by atoms with Crippen LogP contribution in [0.5, 0.6) is 0 Å². The molecule has 0 aliphatic carbocycles. The highest BCUT2D eigenvalue weighted by Crippen LogP contribution is 2.22. The average molecular weight is 356 g/mol. The lowest BCUT2D eigenvalue weighted by atomic mass is 9.92. The van der Waals surface area contributed by atoms with Gasteiger partial charge in [-0.3, -0.25) is 4.79 Å². The Labute approximate surface area is 157 Å². The van der Waals surface area contributed by atoms with Gasteiger partial charge < -0.3 is 5.73 Å². The van der Waals surface area contributed by atoms with Crippen LogP contribution in [0.1, 0.15) is 24.0 Å². The molecule has 0 aliphatic heterocycles. The van der Waals surface area contributed by atoms with Crippen molar-refractivity contribution in [3.05, 3.63) is 84.1 Å². The van der Waals surface area contributed by atoms with E-state index >= 15 is 0 Å². The van der Waals surface area contributed by atoms with E-state index in [0.717, 1.165) is 22.3 Å². The predicted molar refractivity (Wildman–Crippen MR) is 106 cm³/mol. The summed E-state index contributed by atoms with van der Waals surface area (Å²) in [5.41, 5.74) is 10.5. The lowest BCUT2D eigenvalue weighted by molar-refractivity contribution is -0.119. The van der Waals surface area contributed by atoms with Crippen molar-refractivity contribution in [1.29, 1.82) is 0 Å². The smallest absolute Gasteiger partial charge is 0.240 e. The Hall–Kier alpha value is -3.47. The molecule has 1 unspecified atom stereocenters. The van der Waals surface area contributed by atoms with E-state index in [2.05, 4.69) is 10.1 Å². The lowest BCUT2D eigenvalue weighted by Crippen LogP contribution is -2.11. The molecule has 5 nitrogen and oxygen atoms in total. The molecular formula is C22H20N4O. The molecular weight excluding hydrogens is 336 g/mol. The first kappa shape index (κ1) is 17.0. The number of ketones is 1. The second-order valence-corrected chi connectivity index (χ2v) is 6.66. The summed E-state index contributed by atoms with van der Waals surface area (Å²) in [5, 5.41) is 4.14. The molecule has 0 aliphatic rings. The first-order chi connectivity index (χ1) is 13.1. The molecule has 5 heteroatoms. The van der Waals surface area contributed by atoms with Gasteiger partial charge in [-0.15, -0.1) is 5.10 Å². The molecule has 0 spiro atoms. The number of fused-ring (bicyclic) bond motifs is 1. The minimum absolute atomic E-state index is 0.106. The number of nitrogens with two attached hydrogens (primary N) is 1. The average Bonchev–Trinajstić information content (AvgIpc) is 3.07. The summed E-state index contributed by atoms with van der Waals surface area (Å²) >= 11 is 0. The molecule has 0 fully saturated rings. The second-order valence-electron chi connectivity index (χ2n) is 6.66. The molecule has 0 radical (unpaired) electrons. The first-order valence-electron chi connectivity index (χ1n) is 8.89. The van der Waals surface area contributed by atoms with Crippen LogP contribution in [0.15, 0.2) is 72.9 Å². The van der Waals surface area contributed by atoms with Gasteiger partial charge in [0.15, 0.2) is 5.65 Å². The fourth-order valence-corrected chi connectivity index (χ4v) is 3.17. The Morgan fingerprint density at radius 2 is 1.70 bits per heavy atom. The maximum absolute atomic E-state index is 12.6. The van der Waals surface area contributed by atoms with Crippen LogP contribution < -0.4 is 5.73 Å². The van der Waals surface area contributed by atoms with Gasteiger partial charge in [-0.25, -0.2) is 4.52 Å². The number of nitrogen functional groups attached to an aromatic ring is 1. The zero-order chi connectivity index (χ0) is 18.8. The van der Waals surface area contributed by atoms with E-state index in [4.69, 9.17) is 5.73 Å². The highest BCUT2D eigenvalue weighted by atomic mass is 16.1. The van der Waals surface area contributed by atoms with Gasteiger partial charge >= 0.3 is 0 Å². The predicted octanol–water partition coefficient (Wildman–Crippen LogP) is 3.89. The summed E-state index contributed by atoms with van der Waals surface area (Å²) in [4.78, 5) is 16.7. The number of pyridine rings is 1. The van der Waals surface area contributed by atoms with Crippen molar-refractivity contribution in [2.45, 2.75) is 19.3 Å². The van der Waals surface area contributed by atoms with Gasteiger partial charge in [0.1, 0.15) is 5.78 Å². The maximum atomic E-state index is 12.6. The van der Waals surface area contributed by atoms with Gasteiger partial charge in [0, 0.05) is 24.1 Å². The summed E-state index contributed by atoms with van der Waals surface area (Å²) in [5.74, 6) is 0.369. The normalized spacial score (nSPS) is 12.2. The van der Waals surface area contributed by atoms with Gasteiger partial charge in [0.25, 0.3) is 0 Å². The number of benzene rings is 2. The molecule has 134 valence electrons. The molecule has 2 aromatic heterocycles. The van der Waals surface area contributed by atoms with Crippen LogP contribution in [-0.4, -0.2) is 20.4 Å². The van der Waals surface area contributed by atoms with Crippen LogP contribution >= 0.6 is 0 Å². The third kappa shape index (κ3) is 3.58. The molecule has 0 amide bonds. The highest BCUT2D eigenvalue weighted by molar-refractivity contribution is 5.87. The fourth-order valence-electron chi connectivity index (χ4n) is 3.17.